The monoisotopic (exact) mass is 463 g/mol. The van der Waals surface area contributed by atoms with Crippen LogP contribution >= 0.6 is 22.7 Å². The van der Waals surface area contributed by atoms with Crippen molar-refractivity contribution in [2.45, 2.75) is 26.7 Å². The van der Waals surface area contributed by atoms with Crippen LogP contribution in [0.3, 0.4) is 0 Å². The third kappa shape index (κ3) is 4.12. The summed E-state index contributed by atoms with van der Waals surface area (Å²) in [6.45, 7) is 7.39. The van der Waals surface area contributed by atoms with E-state index < -0.39 is 0 Å². The van der Waals surface area contributed by atoms with Gasteiger partial charge in [0.25, 0.3) is 0 Å². The van der Waals surface area contributed by atoms with Crippen molar-refractivity contribution in [2.75, 3.05) is 31.1 Å². The predicted molar refractivity (Wildman–Crippen MR) is 132 cm³/mol. The smallest absolute Gasteiger partial charge is 0.228 e. The number of fused-ring (bicyclic) bond motifs is 1. The number of aryl methyl sites for hydroxylation is 2. The molecule has 0 unspecified atom stereocenters. The summed E-state index contributed by atoms with van der Waals surface area (Å²) < 4.78 is 0. The molecule has 8 heteroatoms. The lowest BCUT2D eigenvalue weighted by atomic mass is 10.2. The molecule has 0 N–H and O–H groups in total. The number of amides is 1. The Morgan fingerprint density at radius 1 is 1.06 bits per heavy atom. The quantitative estimate of drug-likeness (QED) is 0.439. The summed E-state index contributed by atoms with van der Waals surface area (Å²) in [6, 6.07) is 9.82. The van der Waals surface area contributed by atoms with Crippen LogP contribution in [0.1, 0.15) is 22.6 Å². The molecule has 32 heavy (non-hydrogen) atoms. The number of aromatic nitrogens is 3. The molecule has 1 fully saturated rings. The highest BCUT2D eigenvalue weighted by Crippen LogP contribution is 2.37. The van der Waals surface area contributed by atoms with Gasteiger partial charge in [-0.15, -0.1) is 22.7 Å². The van der Waals surface area contributed by atoms with Crippen LogP contribution in [0.2, 0.25) is 0 Å². The lowest BCUT2D eigenvalue weighted by molar-refractivity contribution is -0.130. The van der Waals surface area contributed by atoms with Crippen LogP contribution in [0.5, 0.6) is 0 Å². The third-order valence-corrected chi connectivity index (χ3v) is 7.92. The van der Waals surface area contributed by atoms with Crippen molar-refractivity contribution in [2.24, 2.45) is 0 Å². The average molecular weight is 464 g/mol. The van der Waals surface area contributed by atoms with Crippen LogP contribution in [-0.2, 0) is 11.2 Å². The Kier molecular flexibility index (Phi) is 5.89. The molecule has 6 nitrogen and oxygen atoms in total. The zero-order valence-electron chi connectivity index (χ0n) is 18.2. The molecule has 1 amide bonds. The molecule has 164 valence electrons. The Morgan fingerprint density at radius 2 is 1.97 bits per heavy atom. The van der Waals surface area contributed by atoms with E-state index in [1.807, 2.05) is 29.2 Å². The molecule has 4 aromatic heterocycles. The lowest BCUT2D eigenvalue weighted by Gasteiger charge is -2.24. The maximum Gasteiger partial charge on any atom is 0.228 e. The molecule has 5 heterocycles. The molecule has 1 saturated heterocycles. The molecule has 5 rings (SSSR count). The SMILES string of the molecule is Cc1sc2nc(-c3cccs3)nc(N3CCCN(C(=O)Cc4ccccn4)CC3)c2c1C. The number of pyridine rings is 1. The summed E-state index contributed by atoms with van der Waals surface area (Å²) in [5.74, 6) is 1.93. The van der Waals surface area contributed by atoms with Crippen molar-refractivity contribution >= 4 is 44.6 Å². The van der Waals surface area contributed by atoms with Gasteiger partial charge in [-0.1, -0.05) is 12.1 Å². The number of hydrogen-bond acceptors (Lipinski definition) is 7. The minimum absolute atomic E-state index is 0.139. The Labute approximate surface area is 195 Å². The zero-order chi connectivity index (χ0) is 22.1. The first-order valence-electron chi connectivity index (χ1n) is 10.8. The van der Waals surface area contributed by atoms with Gasteiger partial charge in [-0.2, -0.15) is 0 Å². The van der Waals surface area contributed by atoms with E-state index in [9.17, 15) is 4.79 Å². The van der Waals surface area contributed by atoms with E-state index in [4.69, 9.17) is 9.97 Å². The minimum atomic E-state index is 0.139. The zero-order valence-corrected chi connectivity index (χ0v) is 19.9. The van der Waals surface area contributed by atoms with E-state index in [1.165, 1.54) is 10.4 Å². The van der Waals surface area contributed by atoms with Crippen LogP contribution in [0.25, 0.3) is 20.9 Å². The van der Waals surface area contributed by atoms with Crippen LogP contribution < -0.4 is 4.90 Å². The van der Waals surface area contributed by atoms with E-state index in [1.54, 1.807) is 28.9 Å². The highest BCUT2D eigenvalue weighted by Gasteiger charge is 2.24. The fraction of sp³-hybridized carbons (Fsp3) is 0.333. The second kappa shape index (κ2) is 8.96. The first-order valence-corrected chi connectivity index (χ1v) is 12.5. The molecule has 1 aliphatic heterocycles. The molecule has 1 aliphatic rings. The van der Waals surface area contributed by atoms with Crippen LogP contribution in [0.15, 0.2) is 41.9 Å². The molecule has 0 atom stereocenters. The minimum Gasteiger partial charge on any atom is -0.354 e. The average Bonchev–Trinajstić information content (AvgIpc) is 3.35. The highest BCUT2D eigenvalue weighted by atomic mass is 32.1. The molecule has 0 radical (unpaired) electrons. The first kappa shape index (κ1) is 21.0. The maximum atomic E-state index is 12.9. The highest BCUT2D eigenvalue weighted by molar-refractivity contribution is 7.19. The first-order chi connectivity index (χ1) is 15.6. The van der Waals surface area contributed by atoms with Crippen molar-refractivity contribution in [1.29, 1.82) is 0 Å². The number of thiophene rings is 2. The Morgan fingerprint density at radius 3 is 2.75 bits per heavy atom. The van der Waals surface area contributed by atoms with Crippen molar-refractivity contribution in [1.82, 2.24) is 19.9 Å². The van der Waals surface area contributed by atoms with Gasteiger partial charge in [-0.3, -0.25) is 9.78 Å². The summed E-state index contributed by atoms with van der Waals surface area (Å²) in [6.07, 6.45) is 3.00. The fourth-order valence-electron chi connectivity index (χ4n) is 4.12. The summed E-state index contributed by atoms with van der Waals surface area (Å²) in [4.78, 5) is 34.8. The predicted octanol–water partition coefficient (Wildman–Crippen LogP) is 4.71. The summed E-state index contributed by atoms with van der Waals surface area (Å²) in [5.41, 5.74) is 2.08. The van der Waals surface area contributed by atoms with Crippen molar-refractivity contribution in [3.8, 4) is 10.7 Å². The largest absolute Gasteiger partial charge is 0.354 e. The van der Waals surface area contributed by atoms with Crippen LogP contribution in [0.4, 0.5) is 5.82 Å². The molecule has 0 aromatic carbocycles. The fourth-order valence-corrected chi connectivity index (χ4v) is 5.80. The molecule has 0 spiro atoms. The number of carbonyl (C=O) groups excluding carboxylic acids is 1. The Hall–Kier alpha value is -2.84. The van der Waals surface area contributed by atoms with Crippen molar-refractivity contribution in [3.05, 3.63) is 58.0 Å². The lowest BCUT2D eigenvalue weighted by Crippen LogP contribution is -2.36. The number of rotatable bonds is 4. The van der Waals surface area contributed by atoms with E-state index in [0.29, 0.717) is 13.0 Å². The van der Waals surface area contributed by atoms with Gasteiger partial charge in [0, 0.05) is 42.9 Å². The van der Waals surface area contributed by atoms with Gasteiger partial charge < -0.3 is 9.80 Å². The molecule has 4 aromatic rings. The third-order valence-electron chi connectivity index (χ3n) is 5.96. The topological polar surface area (TPSA) is 62.2 Å². The number of anilines is 1. The van der Waals surface area contributed by atoms with Gasteiger partial charge >= 0.3 is 0 Å². The number of hydrogen-bond donors (Lipinski definition) is 0. The van der Waals surface area contributed by atoms with Gasteiger partial charge in [0.2, 0.25) is 5.91 Å². The molecule has 0 bridgehead atoms. The molecular formula is C24H25N5OS2. The normalized spacial score (nSPS) is 14.7. The maximum absolute atomic E-state index is 12.9. The second-order valence-electron chi connectivity index (χ2n) is 8.03. The van der Waals surface area contributed by atoms with Gasteiger partial charge in [-0.05, 0) is 49.4 Å². The van der Waals surface area contributed by atoms with Crippen molar-refractivity contribution in [3.63, 3.8) is 0 Å². The molecule has 0 aliphatic carbocycles. The van der Waals surface area contributed by atoms with E-state index >= 15 is 0 Å². The summed E-state index contributed by atoms with van der Waals surface area (Å²) in [5, 5.41) is 3.21. The van der Waals surface area contributed by atoms with Crippen molar-refractivity contribution < 1.29 is 4.79 Å². The number of nitrogens with zero attached hydrogens (tertiary/aromatic N) is 5. The van der Waals surface area contributed by atoms with Gasteiger partial charge in [0.05, 0.1) is 16.7 Å². The van der Waals surface area contributed by atoms with Crippen LogP contribution in [-0.4, -0.2) is 51.9 Å². The van der Waals surface area contributed by atoms with Gasteiger partial charge in [0.1, 0.15) is 10.6 Å². The van der Waals surface area contributed by atoms with E-state index in [0.717, 1.165) is 58.5 Å². The van der Waals surface area contributed by atoms with E-state index in [2.05, 4.69) is 35.2 Å². The molecular weight excluding hydrogens is 438 g/mol. The Bertz CT molecular complexity index is 1240. The van der Waals surface area contributed by atoms with E-state index in [-0.39, 0.29) is 5.91 Å². The van der Waals surface area contributed by atoms with Crippen LogP contribution in [0, 0.1) is 13.8 Å². The van der Waals surface area contributed by atoms with Gasteiger partial charge in [0.15, 0.2) is 5.82 Å². The van der Waals surface area contributed by atoms with Gasteiger partial charge in [-0.25, -0.2) is 9.97 Å². The Balaban J connectivity index is 1.42. The summed E-state index contributed by atoms with van der Waals surface area (Å²) in [7, 11) is 0. The summed E-state index contributed by atoms with van der Waals surface area (Å²) >= 11 is 3.40. The second-order valence-corrected chi connectivity index (χ2v) is 10.2. The standard InChI is InChI=1S/C24H25N5OS2/c1-16-17(2)32-24-21(16)23(26-22(27-24)19-8-5-14-31-19)29-11-6-10-28(12-13-29)20(30)15-18-7-3-4-9-25-18/h3-5,7-9,14H,6,10-13,15H2,1-2H3. The number of carbonyl (C=O) groups is 1. The molecule has 0 saturated carbocycles.